The molecular weight excluding hydrogens is 469 g/mol. The van der Waals surface area contributed by atoms with Crippen molar-refractivity contribution in [3.63, 3.8) is 0 Å². The van der Waals surface area contributed by atoms with E-state index in [0.29, 0.717) is 12.8 Å². The van der Waals surface area contributed by atoms with Gasteiger partial charge in [-0.15, -0.1) is 0 Å². The summed E-state index contributed by atoms with van der Waals surface area (Å²) in [7, 11) is 0. The highest BCUT2D eigenvalue weighted by Crippen LogP contribution is 2.27. The Bertz CT molecular complexity index is 694. The molecule has 0 saturated carbocycles. The molecule has 0 bridgehead atoms. The quantitative estimate of drug-likeness (QED) is 0.0668. The molecule has 1 atom stereocenters. The molecule has 0 fully saturated rings. The molecule has 1 aromatic carbocycles. The van der Waals surface area contributed by atoms with Gasteiger partial charge in [-0.05, 0) is 47.0 Å². The summed E-state index contributed by atoms with van der Waals surface area (Å²) in [5.41, 5.74) is -1.02. The summed E-state index contributed by atoms with van der Waals surface area (Å²) < 4.78 is 85.4. The molecule has 1 aromatic rings. The number of nitrogens with one attached hydrogen (secondary N) is 1. The molecule has 0 spiro atoms. The lowest BCUT2D eigenvalue weighted by Gasteiger charge is -2.28. The largest absolute Gasteiger partial charge is 0.380 e. The predicted molar refractivity (Wildman–Crippen MR) is 128 cm³/mol. The molecular formula is C26H42F5NO3. The topological polar surface area (TPSA) is 39.7 Å². The Hall–Kier alpha value is -1.45. The number of benzene rings is 1. The van der Waals surface area contributed by atoms with Gasteiger partial charge in [-0.25, -0.2) is 22.0 Å². The third-order valence-electron chi connectivity index (χ3n) is 5.41. The molecule has 0 aliphatic rings. The summed E-state index contributed by atoms with van der Waals surface area (Å²) in [5, 5.41) is 2.34. The van der Waals surface area contributed by atoms with Gasteiger partial charge in [-0.2, -0.15) is 0 Å². The summed E-state index contributed by atoms with van der Waals surface area (Å²) in [6, 6.07) is 0. The summed E-state index contributed by atoms with van der Waals surface area (Å²) in [6.07, 6.45) is 9.16. The highest BCUT2D eigenvalue weighted by atomic mass is 19.2. The van der Waals surface area contributed by atoms with Crippen LogP contribution in [0.25, 0.3) is 0 Å². The maximum Gasteiger partial charge on any atom is 0.272 e. The third kappa shape index (κ3) is 11.9. The summed E-state index contributed by atoms with van der Waals surface area (Å²) in [5.74, 6) is -9.84. The Morgan fingerprint density at radius 3 is 1.57 bits per heavy atom. The fraction of sp³-hybridized carbons (Fsp3) is 0.769. The van der Waals surface area contributed by atoms with E-state index < -0.39 is 41.2 Å². The van der Waals surface area contributed by atoms with Crippen molar-refractivity contribution in [1.82, 2.24) is 0 Å². The van der Waals surface area contributed by atoms with Crippen molar-refractivity contribution in [2.24, 2.45) is 0 Å². The fourth-order valence-corrected chi connectivity index (χ4v) is 3.61. The summed E-state index contributed by atoms with van der Waals surface area (Å²) in [4.78, 5) is 0. The van der Waals surface area contributed by atoms with Crippen molar-refractivity contribution in [2.75, 3.05) is 11.9 Å². The minimum Gasteiger partial charge on any atom is -0.380 e. The van der Waals surface area contributed by atoms with E-state index in [1.807, 2.05) is 27.7 Å². The lowest BCUT2D eigenvalue weighted by molar-refractivity contribution is -0.327. The van der Waals surface area contributed by atoms with E-state index >= 15 is 0 Å². The normalized spacial score (nSPS) is 12.8. The zero-order valence-electron chi connectivity index (χ0n) is 21.7. The van der Waals surface area contributed by atoms with Crippen LogP contribution in [0.1, 0.15) is 98.8 Å². The van der Waals surface area contributed by atoms with Gasteiger partial charge in [0.15, 0.2) is 23.3 Å². The molecule has 0 aliphatic carbocycles. The van der Waals surface area contributed by atoms with Crippen LogP contribution < -0.4 is 5.32 Å². The van der Waals surface area contributed by atoms with Crippen molar-refractivity contribution in [1.29, 1.82) is 0 Å². The molecule has 0 amide bonds. The summed E-state index contributed by atoms with van der Waals surface area (Å²) >= 11 is 0. The van der Waals surface area contributed by atoms with Crippen LogP contribution in [0.2, 0.25) is 0 Å². The van der Waals surface area contributed by atoms with Gasteiger partial charge in [0, 0.05) is 6.54 Å². The molecule has 35 heavy (non-hydrogen) atoms. The molecule has 1 unspecified atom stereocenters. The highest BCUT2D eigenvalue weighted by Gasteiger charge is 2.26. The van der Waals surface area contributed by atoms with Crippen LogP contribution in [0.5, 0.6) is 0 Å². The van der Waals surface area contributed by atoms with Crippen LogP contribution in [0.4, 0.5) is 27.6 Å². The molecule has 0 heterocycles. The number of rotatable bonds is 19. The minimum absolute atomic E-state index is 0.00989. The van der Waals surface area contributed by atoms with E-state index in [1.54, 1.807) is 0 Å². The maximum atomic E-state index is 13.9. The molecule has 204 valence electrons. The maximum absolute atomic E-state index is 13.9. The lowest BCUT2D eigenvalue weighted by Crippen LogP contribution is -2.32. The lowest BCUT2D eigenvalue weighted by atomic mass is 10.0. The van der Waals surface area contributed by atoms with E-state index in [-0.39, 0.29) is 24.9 Å². The average Bonchev–Trinajstić information content (AvgIpc) is 2.79. The molecule has 1 N–H and O–H groups in total. The Morgan fingerprint density at radius 2 is 1.06 bits per heavy atom. The van der Waals surface area contributed by atoms with Gasteiger partial charge in [0.2, 0.25) is 5.82 Å². The molecule has 9 heteroatoms. The van der Waals surface area contributed by atoms with E-state index in [2.05, 4.69) is 12.2 Å². The monoisotopic (exact) mass is 511 g/mol. The molecule has 1 rings (SSSR count). The number of ether oxygens (including phenoxy) is 3. The molecule has 0 aliphatic heterocycles. The SMILES string of the molecule is CCCCCCCCCC(CCCNc1c(F)c(F)c(F)c(F)c1F)OC(OC(C)C)OC(C)C. The molecule has 0 radical (unpaired) electrons. The Balaban J connectivity index is 2.69. The highest BCUT2D eigenvalue weighted by molar-refractivity contribution is 5.47. The second kappa shape index (κ2) is 17.1. The Labute approximate surface area is 206 Å². The zero-order valence-corrected chi connectivity index (χ0v) is 21.7. The van der Waals surface area contributed by atoms with Gasteiger partial charge in [-0.3, -0.25) is 0 Å². The number of unbranched alkanes of at least 4 members (excludes halogenated alkanes) is 6. The first-order valence-corrected chi connectivity index (χ1v) is 12.8. The number of halogens is 5. The summed E-state index contributed by atoms with van der Waals surface area (Å²) in [6.45, 7) is 8.83. The van der Waals surface area contributed by atoms with Crippen LogP contribution in [-0.4, -0.2) is 31.3 Å². The first-order valence-electron chi connectivity index (χ1n) is 12.8. The fourth-order valence-electron chi connectivity index (χ4n) is 3.61. The van der Waals surface area contributed by atoms with Crippen LogP contribution in [0, 0.1) is 29.1 Å². The standard InChI is InChI=1S/C26H42F5NO3/c1-6-7-8-9-10-11-12-14-19(35-26(33-17(2)3)34-18(4)5)15-13-16-32-25-23(30)21(28)20(27)22(29)24(25)31/h17-19,26,32H,6-16H2,1-5H3. The van der Waals surface area contributed by atoms with Crippen molar-refractivity contribution in [3.05, 3.63) is 29.1 Å². The first kappa shape index (κ1) is 31.6. The zero-order chi connectivity index (χ0) is 26.4. The smallest absolute Gasteiger partial charge is 0.272 e. The minimum atomic E-state index is -2.17. The molecule has 0 saturated heterocycles. The van der Waals surface area contributed by atoms with E-state index in [4.69, 9.17) is 14.2 Å². The second-order valence-corrected chi connectivity index (χ2v) is 9.34. The number of hydrogen-bond donors (Lipinski definition) is 1. The van der Waals surface area contributed by atoms with E-state index in [1.165, 1.54) is 25.7 Å². The molecule has 4 nitrogen and oxygen atoms in total. The van der Waals surface area contributed by atoms with Gasteiger partial charge >= 0.3 is 0 Å². The van der Waals surface area contributed by atoms with Gasteiger partial charge in [0.25, 0.3) is 6.48 Å². The first-order chi connectivity index (χ1) is 16.6. The number of anilines is 1. The van der Waals surface area contributed by atoms with Crippen molar-refractivity contribution in [3.8, 4) is 0 Å². The molecule has 0 aromatic heterocycles. The van der Waals surface area contributed by atoms with Crippen molar-refractivity contribution < 1.29 is 36.2 Å². The van der Waals surface area contributed by atoms with Gasteiger partial charge in [0.1, 0.15) is 5.69 Å². The van der Waals surface area contributed by atoms with Crippen LogP contribution in [-0.2, 0) is 14.2 Å². The van der Waals surface area contributed by atoms with Gasteiger partial charge in [0.05, 0.1) is 18.3 Å². The third-order valence-corrected chi connectivity index (χ3v) is 5.41. The number of hydrogen-bond acceptors (Lipinski definition) is 4. The van der Waals surface area contributed by atoms with Crippen molar-refractivity contribution >= 4 is 5.69 Å². The van der Waals surface area contributed by atoms with E-state index in [0.717, 1.165) is 25.7 Å². The Morgan fingerprint density at radius 1 is 0.600 bits per heavy atom. The average molecular weight is 512 g/mol. The van der Waals surface area contributed by atoms with Gasteiger partial charge in [-0.1, -0.05) is 51.9 Å². The Kier molecular flexibility index (Phi) is 15.4. The van der Waals surface area contributed by atoms with Crippen LogP contribution in [0.3, 0.4) is 0 Å². The second-order valence-electron chi connectivity index (χ2n) is 9.34. The van der Waals surface area contributed by atoms with Crippen LogP contribution >= 0.6 is 0 Å². The van der Waals surface area contributed by atoms with Gasteiger partial charge < -0.3 is 19.5 Å². The predicted octanol–water partition coefficient (Wildman–Crippen LogP) is 8.23. The van der Waals surface area contributed by atoms with Crippen LogP contribution in [0.15, 0.2) is 0 Å². The van der Waals surface area contributed by atoms with Crippen molar-refractivity contribution in [2.45, 2.75) is 124 Å². The van der Waals surface area contributed by atoms with E-state index in [9.17, 15) is 22.0 Å².